The van der Waals surface area contributed by atoms with Crippen LogP contribution in [0.2, 0.25) is 0 Å². The molecule has 0 saturated carbocycles. The van der Waals surface area contributed by atoms with Crippen LogP contribution in [-0.2, 0) is 11.3 Å². The Labute approximate surface area is 210 Å². The summed E-state index contributed by atoms with van der Waals surface area (Å²) in [6.45, 7) is 4.98. The minimum absolute atomic E-state index is 0.0296. The molecule has 7 heteroatoms. The van der Waals surface area contributed by atoms with Crippen molar-refractivity contribution in [1.29, 1.82) is 0 Å². The van der Waals surface area contributed by atoms with Gasteiger partial charge in [-0.3, -0.25) is 4.79 Å². The van der Waals surface area contributed by atoms with Crippen molar-refractivity contribution in [3.8, 4) is 11.5 Å². The molecule has 2 atom stereocenters. The lowest BCUT2D eigenvalue weighted by atomic mass is 10.1. The average Bonchev–Trinajstić information content (AvgIpc) is 3.44. The lowest BCUT2D eigenvalue weighted by Gasteiger charge is -2.21. The van der Waals surface area contributed by atoms with Crippen LogP contribution in [0.25, 0.3) is 11.0 Å². The van der Waals surface area contributed by atoms with E-state index < -0.39 is 6.10 Å². The number of aromatic nitrogens is 2. The highest BCUT2D eigenvalue weighted by molar-refractivity contribution is 5.97. The van der Waals surface area contributed by atoms with Crippen molar-refractivity contribution >= 4 is 22.6 Å². The number of rotatable bonds is 8. The van der Waals surface area contributed by atoms with Gasteiger partial charge in [0.15, 0.2) is 0 Å². The highest BCUT2D eigenvalue weighted by atomic mass is 16.5. The maximum absolute atomic E-state index is 13.1. The summed E-state index contributed by atoms with van der Waals surface area (Å²) < 4.78 is 13.5. The van der Waals surface area contributed by atoms with Crippen molar-refractivity contribution in [2.24, 2.45) is 0 Å². The van der Waals surface area contributed by atoms with Crippen LogP contribution in [0.3, 0.4) is 0 Å². The van der Waals surface area contributed by atoms with E-state index in [1.807, 2.05) is 85.1 Å². The van der Waals surface area contributed by atoms with Crippen molar-refractivity contribution in [2.75, 3.05) is 25.2 Å². The largest absolute Gasteiger partial charge is 0.495 e. The Kier molecular flexibility index (Phi) is 6.65. The summed E-state index contributed by atoms with van der Waals surface area (Å²) in [5.74, 6) is 2.19. The average molecular weight is 486 g/mol. The standard InChI is InChI=1S/C29H31N3O4/c1-19-9-8-10-20(2)28(19)36-18-22(33)17-32-24-12-5-4-11-23(24)30-29(32)21-15-27(34)31(16-21)25-13-6-7-14-26(25)35-3/h4-14,21-22,33H,15-18H2,1-3H3. The minimum atomic E-state index is -0.747. The Bertz CT molecular complexity index is 1380. The Balaban J connectivity index is 1.40. The van der Waals surface area contributed by atoms with Crippen LogP contribution in [0, 0.1) is 13.8 Å². The second-order valence-corrected chi connectivity index (χ2v) is 9.33. The molecule has 1 saturated heterocycles. The maximum atomic E-state index is 13.1. The number of aliphatic hydroxyl groups excluding tert-OH is 1. The number of amides is 1. The third-order valence-corrected chi connectivity index (χ3v) is 6.77. The monoisotopic (exact) mass is 485 g/mol. The molecule has 5 rings (SSSR count). The van der Waals surface area contributed by atoms with Gasteiger partial charge in [-0.2, -0.15) is 0 Å². The van der Waals surface area contributed by atoms with Gasteiger partial charge < -0.3 is 24.0 Å². The Morgan fingerprint density at radius 1 is 1.03 bits per heavy atom. The number of carbonyl (C=O) groups is 1. The molecule has 1 aliphatic heterocycles. The zero-order valence-electron chi connectivity index (χ0n) is 20.8. The van der Waals surface area contributed by atoms with Crippen LogP contribution in [-0.4, -0.2) is 46.9 Å². The molecule has 3 aromatic carbocycles. The number of para-hydroxylation sites is 5. The molecule has 186 valence electrons. The number of hydrogen-bond acceptors (Lipinski definition) is 5. The molecular weight excluding hydrogens is 454 g/mol. The molecule has 0 aliphatic carbocycles. The third-order valence-electron chi connectivity index (χ3n) is 6.77. The SMILES string of the molecule is COc1ccccc1N1CC(c2nc3ccccc3n2CC(O)COc2c(C)cccc2C)CC1=O. The summed E-state index contributed by atoms with van der Waals surface area (Å²) >= 11 is 0. The third kappa shape index (κ3) is 4.54. The first-order valence-corrected chi connectivity index (χ1v) is 12.2. The molecule has 0 bridgehead atoms. The van der Waals surface area contributed by atoms with Crippen LogP contribution in [0.4, 0.5) is 5.69 Å². The summed E-state index contributed by atoms with van der Waals surface area (Å²) in [5.41, 5.74) is 4.62. The lowest BCUT2D eigenvalue weighted by Crippen LogP contribution is -2.27. The van der Waals surface area contributed by atoms with E-state index in [1.165, 1.54) is 0 Å². The zero-order valence-corrected chi connectivity index (χ0v) is 20.8. The molecular formula is C29H31N3O4. The lowest BCUT2D eigenvalue weighted by molar-refractivity contribution is -0.117. The molecule has 4 aromatic rings. The molecule has 36 heavy (non-hydrogen) atoms. The van der Waals surface area contributed by atoms with E-state index in [9.17, 15) is 9.90 Å². The van der Waals surface area contributed by atoms with Gasteiger partial charge in [0, 0.05) is 18.9 Å². The van der Waals surface area contributed by atoms with E-state index in [0.29, 0.717) is 25.3 Å². The van der Waals surface area contributed by atoms with Gasteiger partial charge >= 0.3 is 0 Å². The number of carbonyl (C=O) groups excluding carboxylic acids is 1. The van der Waals surface area contributed by atoms with Crippen LogP contribution in [0.15, 0.2) is 66.7 Å². The van der Waals surface area contributed by atoms with Gasteiger partial charge in [0.1, 0.15) is 30.0 Å². The number of aliphatic hydroxyl groups is 1. The van der Waals surface area contributed by atoms with Crippen molar-refractivity contribution < 1.29 is 19.4 Å². The second-order valence-electron chi connectivity index (χ2n) is 9.33. The maximum Gasteiger partial charge on any atom is 0.227 e. The Morgan fingerprint density at radius 2 is 1.75 bits per heavy atom. The number of methoxy groups -OCH3 is 1. The number of anilines is 1. The van der Waals surface area contributed by atoms with E-state index >= 15 is 0 Å². The first kappa shape index (κ1) is 23.9. The van der Waals surface area contributed by atoms with Crippen molar-refractivity contribution in [1.82, 2.24) is 9.55 Å². The Hall–Kier alpha value is -3.84. The van der Waals surface area contributed by atoms with E-state index in [-0.39, 0.29) is 18.4 Å². The minimum Gasteiger partial charge on any atom is -0.495 e. The van der Waals surface area contributed by atoms with Gasteiger partial charge in [-0.1, -0.05) is 42.5 Å². The van der Waals surface area contributed by atoms with Crippen LogP contribution in [0.5, 0.6) is 11.5 Å². The highest BCUT2D eigenvalue weighted by Gasteiger charge is 2.36. The topological polar surface area (TPSA) is 76.8 Å². The van der Waals surface area contributed by atoms with Crippen molar-refractivity contribution in [3.63, 3.8) is 0 Å². The second kappa shape index (κ2) is 10.0. The molecule has 1 fully saturated rings. The van der Waals surface area contributed by atoms with Crippen molar-refractivity contribution in [2.45, 2.75) is 38.8 Å². The van der Waals surface area contributed by atoms with E-state index in [4.69, 9.17) is 14.5 Å². The summed E-state index contributed by atoms with van der Waals surface area (Å²) in [5, 5.41) is 11.0. The number of nitrogens with zero attached hydrogens (tertiary/aromatic N) is 3. The summed E-state index contributed by atoms with van der Waals surface area (Å²) in [6, 6.07) is 21.4. The fourth-order valence-corrected chi connectivity index (χ4v) is 5.03. The summed E-state index contributed by atoms with van der Waals surface area (Å²) in [4.78, 5) is 19.7. The molecule has 0 radical (unpaired) electrons. The quantitative estimate of drug-likeness (QED) is 0.394. The van der Waals surface area contributed by atoms with Gasteiger partial charge in [0.05, 0.1) is 30.4 Å². The smallest absolute Gasteiger partial charge is 0.227 e. The number of ether oxygens (including phenoxy) is 2. The van der Waals surface area contributed by atoms with Gasteiger partial charge in [0.25, 0.3) is 0 Å². The molecule has 1 aromatic heterocycles. The number of fused-ring (bicyclic) bond motifs is 1. The van der Waals surface area contributed by atoms with E-state index in [0.717, 1.165) is 39.4 Å². The van der Waals surface area contributed by atoms with Gasteiger partial charge in [-0.05, 0) is 49.2 Å². The number of imidazole rings is 1. The molecule has 2 unspecified atom stereocenters. The summed E-state index contributed by atoms with van der Waals surface area (Å²) in [6.07, 6.45) is -0.404. The van der Waals surface area contributed by atoms with Crippen LogP contribution in [0.1, 0.15) is 29.3 Å². The van der Waals surface area contributed by atoms with Gasteiger partial charge in [-0.15, -0.1) is 0 Å². The first-order chi connectivity index (χ1) is 17.5. The number of aryl methyl sites for hydroxylation is 2. The summed E-state index contributed by atoms with van der Waals surface area (Å²) in [7, 11) is 1.61. The predicted octanol–water partition coefficient (Wildman–Crippen LogP) is 4.62. The fourth-order valence-electron chi connectivity index (χ4n) is 5.03. The van der Waals surface area contributed by atoms with E-state index in [1.54, 1.807) is 12.0 Å². The van der Waals surface area contributed by atoms with E-state index in [2.05, 4.69) is 0 Å². The molecule has 1 aliphatic rings. The molecule has 1 N–H and O–H groups in total. The normalized spacial score (nSPS) is 16.5. The van der Waals surface area contributed by atoms with Crippen LogP contribution < -0.4 is 14.4 Å². The zero-order chi connectivity index (χ0) is 25.2. The molecule has 0 spiro atoms. The number of benzene rings is 3. The number of hydrogen-bond donors (Lipinski definition) is 1. The molecule has 1 amide bonds. The fraction of sp³-hybridized carbons (Fsp3) is 0.310. The predicted molar refractivity (Wildman–Crippen MR) is 140 cm³/mol. The van der Waals surface area contributed by atoms with Crippen molar-refractivity contribution in [3.05, 3.63) is 83.7 Å². The van der Waals surface area contributed by atoms with Gasteiger partial charge in [-0.25, -0.2) is 4.98 Å². The highest BCUT2D eigenvalue weighted by Crippen LogP contribution is 2.37. The molecule has 2 heterocycles. The van der Waals surface area contributed by atoms with Crippen LogP contribution >= 0.6 is 0 Å². The van der Waals surface area contributed by atoms with Gasteiger partial charge in [0.2, 0.25) is 5.91 Å². The molecule has 7 nitrogen and oxygen atoms in total. The first-order valence-electron chi connectivity index (χ1n) is 12.2. The Morgan fingerprint density at radius 3 is 2.53 bits per heavy atom.